The fraction of sp³-hybridized carbons (Fsp3) is 1.00. The summed E-state index contributed by atoms with van der Waals surface area (Å²) in [5.41, 5.74) is 0.256. The molecule has 2 aliphatic rings. The van der Waals surface area contributed by atoms with Gasteiger partial charge in [0.2, 0.25) is 0 Å². The van der Waals surface area contributed by atoms with Gasteiger partial charge in [-0.15, -0.1) is 0 Å². The van der Waals surface area contributed by atoms with Crippen LogP contribution >= 0.6 is 0 Å². The maximum absolute atomic E-state index is 3.59. The first-order chi connectivity index (χ1) is 9.04. The summed E-state index contributed by atoms with van der Waals surface area (Å²) >= 11 is 0. The number of rotatable bonds is 4. The lowest BCUT2D eigenvalue weighted by Crippen LogP contribution is -2.48. The Labute approximate surface area is 119 Å². The van der Waals surface area contributed by atoms with E-state index < -0.39 is 0 Å². The molecule has 1 N–H and O–H groups in total. The normalized spacial score (nSPS) is 24.8. The average Bonchev–Trinajstić information content (AvgIpc) is 2.39. The molecule has 0 bridgehead atoms. The predicted octanol–water partition coefficient (Wildman–Crippen LogP) is 2.32. The Hall–Kier alpha value is -0.120. The van der Waals surface area contributed by atoms with Gasteiger partial charge >= 0.3 is 0 Å². The van der Waals surface area contributed by atoms with Crippen molar-refractivity contribution in [1.29, 1.82) is 0 Å². The SMILES string of the molecule is CC(C)(C)NCCN1CCC(N2CCCCC2)CC1. The molecule has 0 aromatic carbocycles. The molecule has 0 aliphatic carbocycles. The highest BCUT2D eigenvalue weighted by Gasteiger charge is 2.25. The van der Waals surface area contributed by atoms with E-state index in [9.17, 15) is 0 Å². The smallest absolute Gasteiger partial charge is 0.0120 e. The number of piperidine rings is 2. The van der Waals surface area contributed by atoms with Crippen molar-refractivity contribution in [3.63, 3.8) is 0 Å². The summed E-state index contributed by atoms with van der Waals surface area (Å²) in [6, 6.07) is 0.882. The van der Waals surface area contributed by atoms with E-state index in [1.807, 2.05) is 0 Å². The number of nitrogens with zero attached hydrogens (tertiary/aromatic N) is 2. The number of hydrogen-bond acceptors (Lipinski definition) is 3. The average molecular weight is 267 g/mol. The Morgan fingerprint density at radius 2 is 1.58 bits per heavy atom. The van der Waals surface area contributed by atoms with Crippen molar-refractivity contribution in [3.05, 3.63) is 0 Å². The number of nitrogens with one attached hydrogen (secondary N) is 1. The lowest BCUT2D eigenvalue weighted by atomic mass is 10.00. The fourth-order valence-corrected chi connectivity index (χ4v) is 3.38. The van der Waals surface area contributed by atoms with Crippen LogP contribution in [0.5, 0.6) is 0 Å². The van der Waals surface area contributed by atoms with Gasteiger partial charge in [0.05, 0.1) is 0 Å². The van der Waals surface area contributed by atoms with Crippen molar-refractivity contribution in [2.45, 2.75) is 64.5 Å². The van der Waals surface area contributed by atoms with E-state index in [-0.39, 0.29) is 5.54 Å². The Kier molecular flexibility index (Phi) is 5.67. The third-order valence-electron chi connectivity index (χ3n) is 4.55. The van der Waals surface area contributed by atoms with Crippen molar-refractivity contribution in [3.8, 4) is 0 Å². The highest BCUT2D eigenvalue weighted by atomic mass is 15.2. The van der Waals surface area contributed by atoms with Gasteiger partial charge in [-0.25, -0.2) is 0 Å². The van der Waals surface area contributed by atoms with Gasteiger partial charge in [0.1, 0.15) is 0 Å². The van der Waals surface area contributed by atoms with Crippen LogP contribution in [0.4, 0.5) is 0 Å². The monoisotopic (exact) mass is 267 g/mol. The largest absolute Gasteiger partial charge is 0.311 e. The molecular formula is C16H33N3. The molecule has 0 unspecified atom stereocenters. The van der Waals surface area contributed by atoms with Crippen molar-refractivity contribution in [2.75, 3.05) is 39.3 Å². The zero-order valence-corrected chi connectivity index (χ0v) is 13.2. The molecule has 112 valence electrons. The van der Waals surface area contributed by atoms with E-state index in [1.54, 1.807) is 0 Å². The van der Waals surface area contributed by atoms with Gasteiger partial charge in [-0.2, -0.15) is 0 Å². The number of hydrogen-bond donors (Lipinski definition) is 1. The van der Waals surface area contributed by atoms with Crippen molar-refractivity contribution >= 4 is 0 Å². The summed E-state index contributed by atoms with van der Waals surface area (Å²) in [6.07, 6.45) is 7.07. The van der Waals surface area contributed by atoms with Crippen LogP contribution in [0.2, 0.25) is 0 Å². The predicted molar refractivity (Wildman–Crippen MR) is 82.6 cm³/mol. The van der Waals surface area contributed by atoms with E-state index in [2.05, 4.69) is 35.9 Å². The van der Waals surface area contributed by atoms with E-state index in [0.29, 0.717) is 0 Å². The van der Waals surface area contributed by atoms with Crippen LogP contribution < -0.4 is 5.32 Å². The third-order valence-corrected chi connectivity index (χ3v) is 4.55. The van der Waals surface area contributed by atoms with Gasteiger partial charge in [0.15, 0.2) is 0 Å². The molecular weight excluding hydrogens is 234 g/mol. The minimum absolute atomic E-state index is 0.256. The second-order valence-electron chi connectivity index (χ2n) is 7.35. The quantitative estimate of drug-likeness (QED) is 0.843. The van der Waals surface area contributed by atoms with Crippen molar-refractivity contribution < 1.29 is 0 Å². The molecule has 0 spiro atoms. The summed E-state index contributed by atoms with van der Waals surface area (Å²) in [5, 5.41) is 3.59. The minimum atomic E-state index is 0.256. The Bertz CT molecular complexity index is 245. The highest BCUT2D eigenvalue weighted by molar-refractivity contribution is 4.82. The molecule has 2 heterocycles. The minimum Gasteiger partial charge on any atom is -0.311 e. The van der Waals surface area contributed by atoms with Gasteiger partial charge in [-0.05, 0) is 72.6 Å². The van der Waals surface area contributed by atoms with Crippen molar-refractivity contribution in [2.24, 2.45) is 0 Å². The van der Waals surface area contributed by atoms with Crippen molar-refractivity contribution in [1.82, 2.24) is 15.1 Å². The molecule has 2 saturated heterocycles. The molecule has 0 amide bonds. The van der Waals surface area contributed by atoms with E-state index in [0.717, 1.165) is 12.6 Å². The van der Waals surface area contributed by atoms with Crippen LogP contribution in [0, 0.1) is 0 Å². The van der Waals surface area contributed by atoms with Gasteiger partial charge in [-0.3, -0.25) is 0 Å². The summed E-state index contributed by atoms with van der Waals surface area (Å²) in [6.45, 7) is 14.4. The topological polar surface area (TPSA) is 18.5 Å². The first kappa shape index (κ1) is 15.3. The zero-order valence-electron chi connectivity index (χ0n) is 13.2. The molecule has 3 nitrogen and oxygen atoms in total. The second kappa shape index (κ2) is 7.05. The standard InChI is InChI=1S/C16H33N3/c1-16(2,3)17-9-14-18-12-7-15(8-13-18)19-10-5-4-6-11-19/h15,17H,4-14H2,1-3H3. The number of likely N-dealkylation sites (tertiary alicyclic amines) is 2. The zero-order chi connectivity index (χ0) is 13.7. The molecule has 2 rings (SSSR count). The van der Waals surface area contributed by atoms with Gasteiger partial charge in [0, 0.05) is 24.7 Å². The summed E-state index contributed by atoms with van der Waals surface area (Å²) in [4.78, 5) is 5.40. The third kappa shape index (κ3) is 5.41. The molecule has 0 atom stereocenters. The van der Waals surface area contributed by atoms with Crippen LogP contribution in [0.3, 0.4) is 0 Å². The molecule has 19 heavy (non-hydrogen) atoms. The molecule has 3 heteroatoms. The Balaban J connectivity index is 1.62. The van der Waals surface area contributed by atoms with E-state index in [1.165, 1.54) is 64.8 Å². The van der Waals surface area contributed by atoms with E-state index >= 15 is 0 Å². The molecule has 2 aliphatic heterocycles. The summed E-state index contributed by atoms with van der Waals surface area (Å²) < 4.78 is 0. The van der Waals surface area contributed by atoms with Gasteiger partial charge < -0.3 is 15.1 Å². The molecule has 0 radical (unpaired) electrons. The van der Waals surface area contributed by atoms with Gasteiger partial charge in [0.25, 0.3) is 0 Å². The van der Waals surface area contributed by atoms with Crippen LogP contribution in [0.1, 0.15) is 52.9 Å². The second-order valence-corrected chi connectivity index (χ2v) is 7.35. The first-order valence-corrected chi connectivity index (χ1v) is 8.26. The fourth-order valence-electron chi connectivity index (χ4n) is 3.38. The van der Waals surface area contributed by atoms with Crippen LogP contribution in [0.25, 0.3) is 0 Å². The lowest BCUT2D eigenvalue weighted by molar-refractivity contribution is 0.0922. The van der Waals surface area contributed by atoms with E-state index in [4.69, 9.17) is 0 Å². The highest BCUT2D eigenvalue weighted by Crippen LogP contribution is 2.20. The van der Waals surface area contributed by atoms with Gasteiger partial charge in [-0.1, -0.05) is 6.42 Å². The Morgan fingerprint density at radius 1 is 0.947 bits per heavy atom. The lowest BCUT2D eigenvalue weighted by Gasteiger charge is -2.40. The molecule has 0 aromatic rings. The summed E-state index contributed by atoms with van der Waals surface area (Å²) in [7, 11) is 0. The Morgan fingerprint density at radius 3 is 2.16 bits per heavy atom. The summed E-state index contributed by atoms with van der Waals surface area (Å²) in [5.74, 6) is 0. The molecule has 0 aromatic heterocycles. The molecule has 0 saturated carbocycles. The van der Waals surface area contributed by atoms with Crippen LogP contribution in [0.15, 0.2) is 0 Å². The molecule has 2 fully saturated rings. The first-order valence-electron chi connectivity index (χ1n) is 8.26. The maximum Gasteiger partial charge on any atom is 0.0120 e. The van der Waals surface area contributed by atoms with Crippen LogP contribution in [-0.2, 0) is 0 Å². The maximum atomic E-state index is 3.59. The van der Waals surface area contributed by atoms with Crippen LogP contribution in [-0.4, -0.2) is 60.6 Å².